The van der Waals surface area contributed by atoms with Crippen LogP contribution in [0, 0.1) is 0 Å². The molecule has 2 aromatic rings. The van der Waals surface area contributed by atoms with Gasteiger partial charge in [0.2, 0.25) is 0 Å². The fourth-order valence-electron chi connectivity index (χ4n) is 3.50. The molecule has 0 aliphatic carbocycles. The van der Waals surface area contributed by atoms with Crippen LogP contribution in [0.15, 0.2) is 48.5 Å². The highest BCUT2D eigenvalue weighted by Crippen LogP contribution is 2.18. The van der Waals surface area contributed by atoms with Gasteiger partial charge in [-0.2, -0.15) is 0 Å². The van der Waals surface area contributed by atoms with Crippen molar-refractivity contribution < 1.29 is 14.3 Å². The summed E-state index contributed by atoms with van der Waals surface area (Å²) in [4.78, 5) is 12.5. The summed E-state index contributed by atoms with van der Waals surface area (Å²) in [5.41, 5.74) is 1.30. The van der Waals surface area contributed by atoms with Gasteiger partial charge in [0, 0.05) is 17.3 Å². The Bertz CT molecular complexity index is 855. The Kier molecular flexibility index (Phi) is 13.8. The molecule has 0 heterocycles. The molecule has 34 heavy (non-hydrogen) atoms. The molecule has 0 aliphatic rings. The number of carbonyl (C=O) groups is 1. The monoisotopic (exact) mass is 484 g/mol. The van der Waals surface area contributed by atoms with E-state index in [1.165, 1.54) is 51.4 Å². The van der Waals surface area contributed by atoms with Gasteiger partial charge in [-0.1, -0.05) is 71.3 Å². The Morgan fingerprint density at radius 2 is 1.35 bits per heavy atom. The zero-order valence-corrected chi connectivity index (χ0v) is 21.6. The zero-order chi connectivity index (χ0) is 24.4. The second kappa shape index (κ2) is 16.9. The quantitative estimate of drug-likeness (QED) is 0.191. The van der Waals surface area contributed by atoms with Crippen LogP contribution >= 0.6 is 12.2 Å². The zero-order valence-electron chi connectivity index (χ0n) is 20.7. The van der Waals surface area contributed by atoms with E-state index in [1.807, 2.05) is 36.4 Å². The van der Waals surface area contributed by atoms with Crippen LogP contribution in [0.5, 0.6) is 11.5 Å². The van der Waals surface area contributed by atoms with Crippen LogP contribution in [0.2, 0.25) is 0 Å². The van der Waals surface area contributed by atoms with Gasteiger partial charge in [0.15, 0.2) is 5.11 Å². The van der Waals surface area contributed by atoms with Crippen molar-refractivity contribution >= 4 is 28.9 Å². The molecule has 5 nitrogen and oxygen atoms in total. The van der Waals surface area contributed by atoms with E-state index in [2.05, 4.69) is 24.5 Å². The molecule has 0 atom stereocenters. The first-order chi connectivity index (χ1) is 16.6. The minimum absolute atomic E-state index is 0.245. The lowest BCUT2D eigenvalue weighted by atomic mass is 10.2. The van der Waals surface area contributed by atoms with Gasteiger partial charge >= 0.3 is 0 Å². The molecule has 0 aliphatic heterocycles. The molecule has 0 saturated heterocycles. The standard InChI is InChI=1S/C28H40N2O3S/c1-3-5-7-9-11-20-32-25-18-16-23(17-19-25)27(31)30-28(34)29-24-14-13-15-26(22-24)33-21-12-10-8-6-4-2/h13-19,22H,3-12,20-21H2,1-2H3,(H2,29,30,31,34). The van der Waals surface area contributed by atoms with E-state index in [1.54, 1.807) is 12.1 Å². The molecular formula is C28H40N2O3S. The second-order valence-corrected chi connectivity index (χ2v) is 8.89. The lowest BCUT2D eigenvalue weighted by molar-refractivity contribution is 0.0977. The van der Waals surface area contributed by atoms with E-state index in [9.17, 15) is 4.79 Å². The van der Waals surface area contributed by atoms with Crippen molar-refractivity contribution in [1.82, 2.24) is 5.32 Å². The maximum absolute atomic E-state index is 12.5. The van der Waals surface area contributed by atoms with Crippen molar-refractivity contribution in [3.8, 4) is 11.5 Å². The average molecular weight is 485 g/mol. The van der Waals surface area contributed by atoms with Crippen LogP contribution in [0.25, 0.3) is 0 Å². The summed E-state index contributed by atoms with van der Waals surface area (Å²) >= 11 is 5.32. The fourth-order valence-corrected chi connectivity index (χ4v) is 3.71. The summed E-state index contributed by atoms with van der Waals surface area (Å²) in [6.07, 6.45) is 12.0. The van der Waals surface area contributed by atoms with Crippen molar-refractivity contribution in [2.45, 2.75) is 78.1 Å². The molecule has 0 bridgehead atoms. The molecule has 186 valence electrons. The van der Waals surface area contributed by atoms with Gasteiger partial charge in [0.05, 0.1) is 13.2 Å². The van der Waals surface area contributed by atoms with Crippen molar-refractivity contribution in [2.75, 3.05) is 18.5 Å². The summed E-state index contributed by atoms with van der Waals surface area (Å²) in [5, 5.41) is 6.03. The highest BCUT2D eigenvalue weighted by Gasteiger charge is 2.09. The van der Waals surface area contributed by atoms with E-state index in [0.717, 1.165) is 30.0 Å². The lowest BCUT2D eigenvalue weighted by Gasteiger charge is -2.12. The molecule has 2 aromatic carbocycles. The molecule has 0 aromatic heterocycles. The van der Waals surface area contributed by atoms with Crippen molar-refractivity contribution in [3.05, 3.63) is 54.1 Å². The summed E-state index contributed by atoms with van der Waals surface area (Å²) in [5.74, 6) is 1.30. The third-order valence-electron chi connectivity index (χ3n) is 5.47. The normalized spacial score (nSPS) is 10.5. The average Bonchev–Trinajstić information content (AvgIpc) is 2.84. The van der Waals surface area contributed by atoms with Gasteiger partial charge in [0.25, 0.3) is 5.91 Å². The van der Waals surface area contributed by atoms with Crippen LogP contribution < -0.4 is 20.1 Å². The van der Waals surface area contributed by atoms with E-state index >= 15 is 0 Å². The fraction of sp³-hybridized carbons (Fsp3) is 0.500. The first kappa shape index (κ1) is 27.6. The van der Waals surface area contributed by atoms with Gasteiger partial charge in [-0.15, -0.1) is 0 Å². The number of ether oxygens (including phenoxy) is 2. The van der Waals surface area contributed by atoms with Gasteiger partial charge in [-0.25, -0.2) is 0 Å². The molecule has 6 heteroatoms. The predicted molar refractivity (Wildman–Crippen MR) is 145 cm³/mol. The second-order valence-electron chi connectivity index (χ2n) is 8.49. The number of thiocarbonyl (C=S) groups is 1. The molecule has 1 amide bonds. The number of rotatable bonds is 16. The van der Waals surface area contributed by atoms with Crippen LogP contribution in [0.4, 0.5) is 5.69 Å². The summed E-state index contributed by atoms with van der Waals surface area (Å²) in [6.45, 7) is 5.82. The predicted octanol–water partition coefficient (Wildman–Crippen LogP) is 7.51. The Morgan fingerprint density at radius 1 is 0.765 bits per heavy atom. The summed E-state index contributed by atoms with van der Waals surface area (Å²) < 4.78 is 11.6. The number of nitrogens with one attached hydrogen (secondary N) is 2. The number of hydrogen-bond acceptors (Lipinski definition) is 4. The van der Waals surface area contributed by atoms with Gasteiger partial charge < -0.3 is 14.8 Å². The summed E-state index contributed by atoms with van der Waals surface area (Å²) in [6, 6.07) is 14.7. The minimum atomic E-state index is -0.261. The van der Waals surface area contributed by atoms with Crippen LogP contribution in [0.3, 0.4) is 0 Å². The first-order valence-electron chi connectivity index (χ1n) is 12.7. The number of hydrogen-bond donors (Lipinski definition) is 2. The van der Waals surface area contributed by atoms with E-state index in [-0.39, 0.29) is 11.0 Å². The Balaban J connectivity index is 1.72. The summed E-state index contributed by atoms with van der Waals surface area (Å²) in [7, 11) is 0. The SMILES string of the molecule is CCCCCCCOc1ccc(C(=O)NC(=S)Nc2cccc(OCCCCCCC)c2)cc1. The van der Waals surface area contributed by atoms with Gasteiger partial charge in [0.1, 0.15) is 11.5 Å². The topological polar surface area (TPSA) is 59.6 Å². The third-order valence-corrected chi connectivity index (χ3v) is 5.67. The Hall–Kier alpha value is -2.60. The highest BCUT2D eigenvalue weighted by atomic mass is 32.1. The molecule has 0 unspecified atom stereocenters. The number of unbranched alkanes of at least 4 members (excludes halogenated alkanes) is 8. The van der Waals surface area contributed by atoms with E-state index in [0.29, 0.717) is 18.8 Å². The van der Waals surface area contributed by atoms with Gasteiger partial charge in [-0.05, 0) is 61.5 Å². The minimum Gasteiger partial charge on any atom is -0.494 e. The largest absolute Gasteiger partial charge is 0.494 e. The maximum atomic E-state index is 12.5. The molecular weight excluding hydrogens is 444 g/mol. The van der Waals surface area contributed by atoms with Crippen molar-refractivity contribution in [3.63, 3.8) is 0 Å². The van der Waals surface area contributed by atoms with Crippen LogP contribution in [-0.2, 0) is 0 Å². The number of benzene rings is 2. The van der Waals surface area contributed by atoms with E-state index < -0.39 is 0 Å². The molecule has 0 radical (unpaired) electrons. The number of amides is 1. The smallest absolute Gasteiger partial charge is 0.257 e. The Morgan fingerprint density at radius 3 is 1.97 bits per heavy atom. The highest BCUT2D eigenvalue weighted by molar-refractivity contribution is 7.80. The number of carbonyl (C=O) groups excluding carboxylic acids is 1. The maximum Gasteiger partial charge on any atom is 0.257 e. The van der Waals surface area contributed by atoms with Gasteiger partial charge in [-0.3, -0.25) is 10.1 Å². The van der Waals surface area contributed by atoms with E-state index in [4.69, 9.17) is 21.7 Å². The molecule has 2 rings (SSSR count). The lowest BCUT2D eigenvalue weighted by Crippen LogP contribution is -2.34. The molecule has 0 fully saturated rings. The molecule has 2 N–H and O–H groups in total. The van der Waals surface area contributed by atoms with Crippen LogP contribution in [0.1, 0.15) is 88.4 Å². The van der Waals surface area contributed by atoms with Crippen molar-refractivity contribution in [2.24, 2.45) is 0 Å². The first-order valence-corrected chi connectivity index (χ1v) is 13.1. The number of anilines is 1. The van der Waals surface area contributed by atoms with Crippen molar-refractivity contribution in [1.29, 1.82) is 0 Å². The Labute approximate surface area is 210 Å². The third kappa shape index (κ3) is 11.5. The molecule has 0 saturated carbocycles. The molecule has 0 spiro atoms. The van der Waals surface area contributed by atoms with Crippen LogP contribution in [-0.4, -0.2) is 24.2 Å².